The lowest BCUT2D eigenvalue weighted by Crippen LogP contribution is -2.47. The molecule has 2 aromatic carbocycles. The first-order valence-corrected chi connectivity index (χ1v) is 9.50. The summed E-state index contributed by atoms with van der Waals surface area (Å²) in [5, 5.41) is 6.39. The molecule has 0 fully saturated rings. The van der Waals surface area contributed by atoms with Crippen molar-refractivity contribution in [3.8, 4) is 5.75 Å². The number of rotatable bonds is 9. The number of methoxy groups -OCH3 is 1. The monoisotopic (exact) mass is 403 g/mol. The van der Waals surface area contributed by atoms with Crippen LogP contribution in [0.15, 0.2) is 48.5 Å². The van der Waals surface area contributed by atoms with Crippen molar-refractivity contribution in [3.05, 3.63) is 59.1 Å². The number of benzene rings is 2. The minimum atomic E-state index is -0.437. The van der Waals surface area contributed by atoms with Crippen LogP contribution >= 0.6 is 11.6 Å². The van der Waals surface area contributed by atoms with Gasteiger partial charge in [-0.05, 0) is 43.3 Å². The van der Waals surface area contributed by atoms with Crippen molar-refractivity contribution in [2.24, 2.45) is 0 Å². The van der Waals surface area contributed by atoms with Crippen molar-refractivity contribution in [2.45, 2.75) is 26.4 Å². The van der Waals surface area contributed by atoms with Gasteiger partial charge in [-0.2, -0.15) is 0 Å². The van der Waals surface area contributed by atoms with Gasteiger partial charge in [0.2, 0.25) is 11.8 Å². The van der Waals surface area contributed by atoms with E-state index in [1.165, 1.54) is 0 Å². The van der Waals surface area contributed by atoms with E-state index in [4.69, 9.17) is 16.3 Å². The molecule has 2 N–H and O–H groups in total. The molecular weight excluding hydrogens is 378 g/mol. The molecule has 0 bridgehead atoms. The van der Waals surface area contributed by atoms with Crippen LogP contribution in [0.3, 0.4) is 0 Å². The van der Waals surface area contributed by atoms with E-state index in [2.05, 4.69) is 10.6 Å². The maximum absolute atomic E-state index is 12.5. The van der Waals surface area contributed by atoms with Gasteiger partial charge in [0.1, 0.15) is 5.75 Å². The molecule has 150 valence electrons. The van der Waals surface area contributed by atoms with Crippen molar-refractivity contribution in [1.82, 2.24) is 10.2 Å². The molecule has 1 atom stereocenters. The summed E-state index contributed by atoms with van der Waals surface area (Å²) in [5.74, 6) is 0.346. The van der Waals surface area contributed by atoms with Crippen molar-refractivity contribution in [3.63, 3.8) is 0 Å². The molecule has 7 heteroatoms. The molecule has 0 aromatic heterocycles. The van der Waals surface area contributed by atoms with Crippen LogP contribution in [0.25, 0.3) is 0 Å². The van der Waals surface area contributed by atoms with Crippen LogP contribution in [-0.2, 0) is 16.1 Å². The summed E-state index contributed by atoms with van der Waals surface area (Å²) in [6, 6.07) is 14.0. The number of hydrogen-bond donors (Lipinski definition) is 2. The number of halogens is 1. The van der Waals surface area contributed by atoms with E-state index in [1.54, 1.807) is 50.4 Å². The lowest BCUT2D eigenvalue weighted by Gasteiger charge is -2.26. The lowest BCUT2D eigenvalue weighted by molar-refractivity contribution is -0.127. The van der Waals surface area contributed by atoms with Crippen LogP contribution < -0.4 is 15.4 Å². The number of carbonyl (C=O) groups excluding carboxylic acids is 2. The van der Waals surface area contributed by atoms with Crippen LogP contribution in [0.5, 0.6) is 5.75 Å². The van der Waals surface area contributed by atoms with Crippen LogP contribution in [0.2, 0.25) is 5.02 Å². The maximum Gasteiger partial charge on any atom is 0.238 e. The highest BCUT2D eigenvalue weighted by molar-refractivity contribution is 6.30. The zero-order valence-corrected chi connectivity index (χ0v) is 17.1. The Morgan fingerprint density at radius 1 is 1.18 bits per heavy atom. The molecule has 2 aromatic rings. The Morgan fingerprint density at radius 3 is 2.54 bits per heavy atom. The highest BCUT2D eigenvalue weighted by Gasteiger charge is 2.22. The van der Waals surface area contributed by atoms with Gasteiger partial charge < -0.3 is 15.4 Å². The highest BCUT2D eigenvalue weighted by Crippen LogP contribution is 2.16. The Bertz CT molecular complexity index is 796. The van der Waals surface area contributed by atoms with Crippen molar-refractivity contribution in [1.29, 1.82) is 0 Å². The second-order valence-corrected chi connectivity index (χ2v) is 6.80. The van der Waals surface area contributed by atoms with E-state index in [0.717, 1.165) is 5.56 Å². The Hall–Kier alpha value is -2.57. The van der Waals surface area contributed by atoms with Gasteiger partial charge in [0.05, 0.1) is 19.7 Å². The summed E-state index contributed by atoms with van der Waals surface area (Å²) in [7, 11) is 1.57. The molecule has 0 heterocycles. The first-order valence-electron chi connectivity index (χ1n) is 9.13. The number of likely N-dealkylation sites (N-methyl/N-ethyl adjacent to an activating group) is 1. The fourth-order valence-electron chi connectivity index (χ4n) is 2.71. The number of anilines is 1. The first-order chi connectivity index (χ1) is 13.4. The molecule has 1 unspecified atom stereocenters. The lowest BCUT2D eigenvalue weighted by atomic mass is 10.2. The Kier molecular flexibility index (Phi) is 8.29. The van der Waals surface area contributed by atoms with Crippen LogP contribution in [0, 0.1) is 0 Å². The van der Waals surface area contributed by atoms with Crippen molar-refractivity contribution < 1.29 is 14.3 Å². The Morgan fingerprint density at radius 2 is 1.89 bits per heavy atom. The summed E-state index contributed by atoms with van der Waals surface area (Å²) < 4.78 is 5.16. The summed E-state index contributed by atoms with van der Waals surface area (Å²) in [5.41, 5.74) is 1.61. The molecular formula is C21H26ClN3O3. The normalized spacial score (nSPS) is 11.8. The van der Waals surface area contributed by atoms with E-state index in [1.807, 2.05) is 24.0 Å². The predicted molar refractivity (Wildman–Crippen MR) is 112 cm³/mol. The summed E-state index contributed by atoms with van der Waals surface area (Å²) in [6.07, 6.45) is 0. The van der Waals surface area contributed by atoms with E-state index >= 15 is 0 Å². The topological polar surface area (TPSA) is 70.7 Å². The van der Waals surface area contributed by atoms with E-state index in [-0.39, 0.29) is 18.4 Å². The molecule has 2 amide bonds. The maximum atomic E-state index is 12.5. The summed E-state index contributed by atoms with van der Waals surface area (Å²) in [6.45, 7) is 4.81. The van der Waals surface area contributed by atoms with E-state index in [0.29, 0.717) is 29.5 Å². The van der Waals surface area contributed by atoms with E-state index in [9.17, 15) is 9.59 Å². The number of nitrogens with one attached hydrogen (secondary N) is 2. The highest BCUT2D eigenvalue weighted by atomic mass is 35.5. The Balaban J connectivity index is 1.88. The van der Waals surface area contributed by atoms with Gasteiger partial charge in [-0.15, -0.1) is 0 Å². The molecule has 28 heavy (non-hydrogen) atoms. The third kappa shape index (κ3) is 6.55. The van der Waals surface area contributed by atoms with Gasteiger partial charge in [-0.1, -0.05) is 36.7 Å². The van der Waals surface area contributed by atoms with Gasteiger partial charge in [-0.25, -0.2) is 0 Å². The van der Waals surface area contributed by atoms with Crippen LogP contribution in [0.1, 0.15) is 19.4 Å². The predicted octanol–water partition coefficient (Wildman–Crippen LogP) is 3.31. The molecule has 0 radical (unpaired) electrons. The number of nitrogens with zero attached hydrogens (tertiary/aromatic N) is 1. The van der Waals surface area contributed by atoms with Gasteiger partial charge >= 0.3 is 0 Å². The molecule has 0 aliphatic carbocycles. The largest absolute Gasteiger partial charge is 0.497 e. The third-order valence-corrected chi connectivity index (χ3v) is 4.67. The van der Waals surface area contributed by atoms with Crippen LogP contribution in [0.4, 0.5) is 5.69 Å². The van der Waals surface area contributed by atoms with Gasteiger partial charge in [0, 0.05) is 23.3 Å². The minimum absolute atomic E-state index is 0.114. The summed E-state index contributed by atoms with van der Waals surface area (Å²) >= 11 is 5.87. The molecule has 0 spiro atoms. The van der Waals surface area contributed by atoms with Crippen LogP contribution in [-0.4, -0.2) is 43.0 Å². The third-order valence-electron chi connectivity index (χ3n) is 4.41. The van der Waals surface area contributed by atoms with Gasteiger partial charge in [0.25, 0.3) is 0 Å². The molecule has 0 aliphatic rings. The smallest absolute Gasteiger partial charge is 0.238 e. The second-order valence-electron chi connectivity index (χ2n) is 6.36. The quantitative estimate of drug-likeness (QED) is 0.673. The van der Waals surface area contributed by atoms with Gasteiger partial charge in [-0.3, -0.25) is 14.5 Å². The molecule has 0 aliphatic heterocycles. The zero-order valence-electron chi connectivity index (χ0n) is 16.4. The van der Waals surface area contributed by atoms with Crippen molar-refractivity contribution >= 4 is 29.1 Å². The van der Waals surface area contributed by atoms with Gasteiger partial charge in [0.15, 0.2) is 0 Å². The molecule has 2 rings (SSSR count). The fourth-order valence-corrected chi connectivity index (χ4v) is 2.84. The zero-order chi connectivity index (χ0) is 20.5. The number of carbonyl (C=O) groups is 2. The Labute approximate surface area is 170 Å². The molecule has 6 nitrogen and oxygen atoms in total. The number of hydrogen-bond acceptors (Lipinski definition) is 4. The second kappa shape index (κ2) is 10.7. The standard InChI is InChI=1S/C21H26ClN3O3/c1-4-25(14-20(26)24-18-6-5-7-19(12-18)28-3)15(2)21(27)23-13-16-8-10-17(22)11-9-16/h5-12,15H,4,13-14H2,1-3H3,(H,23,27)(H,24,26). The SMILES string of the molecule is CCN(CC(=O)Nc1cccc(OC)c1)C(C)C(=O)NCc1ccc(Cl)cc1. The summed E-state index contributed by atoms with van der Waals surface area (Å²) in [4.78, 5) is 26.7. The average molecular weight is 404 g/mol. The fraction of sp³-hybridized carbons (Fsp3) is 0.333. The number of amides is 2. The average Bonchev–Trinajstić information content (AvgIpc) is 2.71. The number of ether oxygens (including phenoxy) is 1. The first kappa shape index (κ1) is 21.7. The van der Waals surface area contributed by atoms with Crippen molar-refractivity contribution in [2.75, 3.05) is 25.5 Å². The van der Waals surface area contributed by atoms with E-state index < -0.39 is 6.04 Å². The minimum Gasteiger partial charge on any atom is -0.497 e. The molecule has 0 saturated carbocycles. The molecule has 0 saturated heterocycles.